The predicted molar refractivity (Wildman–Crippen MR) is 130 cm³/mol. The first-order valence-electron chi connectivity index (χ1n) is 12.9. The third-order valence-electron chi connectivity index (χ3n) is 11.0. The zero-order valence-electron chi connectivity index (χ0n) is 21.8. The van der Waals surface area contributed by atoms with Crippen molar-refractivity contribution in [2.75, 3.05) is 20.8 Å². The third kappa shape index (κ3) is 2.53. The molecule has 5 rings (SSSR count). The molecule has 1 aromatic carbocycles. The van der Waals surface area contributed by atoms with Crippen molar-refractivity contribution in [1.29, 1.82) is 5.26 Å². The molecule has 186 valence electrons. The van der Waals surface area contributed by atoms with Crippen LogP contribution in [0.25, 0.3) is 0 Å². The first-order chi connectivity index (χ1) is 16.1. The number of nitrogens with zero attached hydrogens (tertiary/aromatic N) is 2. The van der Waals surface area contributed by atoms with Crippen LogP contribution in [0.4, 0.5) is 0 Å². The standard InChI is InChI=1S/C28H40N2O4/c1-8-25(3,4)26(5,31)18-15-27(9-2)20-14-17-10-11-19(32-6)23-21(17)28(27,12-13-30(20)16-29)24(34-23)22(18)33-7/h10-11,18,20,22,24,31H,8-9,12-15H2,1-7H3/t18-,20?,22+,24-,26?,27+,28-/m1/s1. The van der Waals surface area contributed by atoms with Gasteiger partial charge in [0.25, 0.3) is 0 Å². The Morgan fingerprint density at radius 3 is 2.59 bits per heavy atom. The van der Waals surface area contributed by atoms with Crippen LogP contribution in [0, 0.1) is 28.2 Å². The molecule has 2 aliphatic carbocycles. The van der Waals surface area contributed by atoms with Gasteiger partial charge >= 0.3 is 0 Å². The van der Waals surface area contributed by atoms with Crippen molar-refractivity contribution in [3.63, 3.8) is 0 Å². The van der Waals surface area contributed by atoms with E-state index in [1.807, 2.05) is 17.9 Å². The summed E-state index contributed by atoms with van der Waals surface area (Å²) in [6, 6.07) is 4.25. The Morgan fingerprint density at radius 1 is 1.26 bits per heavy atom. The maximum absolute atomic E-state index is 12.2. The number of hydrogen-bond acceptors (Lipinski definition) is 6. The Morgan fingerprint density at radius 2 is 2.00 bits per heavy atom. The first kappa shape index (κ1) is 23.8. The Balaban J connectivity index is 1.79. The molecule has 0 aromatic heterocycles. The molecule has 2 heterocycles. The Bertz CT molecular complexity index is 1030. The quantitative estimate of drug-likeness (QED) is 0.623. The van der Waals surface area contributed by atoms with Crippen molar-refractivity contribution in [3.05, 3.63) is 23.3 Å². The van der Waals surface area contributed by atoms with Crippen LogP contribution in [0.3, 0.4) is 0 Å². The van der Waals surface area contributed by atoms with E-state index >= 15 is 0 Å². The Kier molecular flexibility index (Phi) is 5.25. The number of nitriles is 1. The number of rotatable bonds is 6. The summed E-state index contributed by atoms with van der Waals surface area (Å²) in [7, 11) is 3.46. The van der Waals surface area contributed by atoms with E-state index in [1.54, 1.807) is 14.2 Å². The summed E-state index contributed by atoms with van der Waals surface area (Å²) >= 11 is 0. The normalized spacial score (nSPS) is 37.3. The minimum Gasteiger partial charge on any atom is -0.493 e. The predicted octanol–water partition coefficient (Wildman–Crippen LogP) is 4.42. The van der Waals surface area contributed by atoms with Gasteiger partial charge in [-0.3, -0.25) is 0 Å². The molecular weight excluding hydrogens is 428 g/mol. The van der Waals surface area contributed by atoms with Crippen LogP contribution in [0.5, 0.6) is 11.5 Å². The van der Waals surface area contributed by atoms with Gasteiger partial charge in [-0.15, -0.1) is 0 Å². The highest BCUT2D eigenvalue weighted by molar-refractivity contribution is 5.62. The minimum atomic E-state index is -0.972. The second-order valence-corrected chi connectivity index (χ2v) is 11.8. The highest BCUT2D eigenvalue weighted by Crippen LogP contribution is 2.72. The number of ether oxygens (including phenoxy) is 3. The SMILES string of the molecule is CCC(C)(C)C(C)(O)[C@@H]1C[C@@]2(CC)C3Cc4ccc(OC)c5c4[C@]2(CCN3C#N)[C@H](O5)[C@H]1OC. The van der Waals surface area contributed by atoms with E-state index in [1.165, 1.54) is 11.1 Å². The molecule has 34 heavy (non-hydrogen) atoms. The summed E-state index contributed by atoms with van der Waals surface area (Å²) in [4.78, 5) is 2.01. The number of piperidine rings is 1. The van der Waals surface area contributed by atoms with Gasteiger partial charge in [-0.1, -0.05) is 33.8 Å². The molecule has 1 spiro atoms. The second-order valence-electron chi connectivity index (χ2n) is 11.8. The average molecular weight is 469 g/mol. The molecule has 2 aliphatic heterocycles. The molecule has 2 bridgehead atoms. The van der Waals surface area contributed by atoms with Gasteiger partial charge in [0, 0.05) is 42.0 Å². The lowest BCUT2D eigenvalue weighted by Gasteiger charge is -2.68. The van der Waals surface area contributed by atoms with Gasteiger partial charge in [0.15, 0.2) is 17.7 Å². The van der Waals surface area contributed by atoms with E-state index in [4.69, 9.17) is 14.2 Å². The summed E-state index contributed by atoms with van der Waals surface area (Å²) < 4.78 is 19.0. The molecule has 4 aliphatic rings. The summed E-state index contributed by atoms with van der Waals surface area (Å²) in [5.41, 5.74) is 0.801. The lowest BCUT2D eigenvalue weighted by atomic mass is 9.39. The molecule has 1 saturated carbocycles. The lowest BCUT2D eigenvalue weighted by molar-refractivity contribution is -0.235. The molecule has 1 aromatic rings. The van der Waals surface area contributed by atoms with Gasteiger partial charge in [-0.2, -0.15) is 5.26 Å². The molecule has 1 N–H and O–H groups in total. The van der Waals surface area contributed by atoms with Crippen LogP contribution in [0.1, 0.15) is 71.4 Å². The molecule has 6 heteroatoms. The molecule has 2 unspecified atom stereocenters. The van der Waals surface area contributed by atoms with Crippen molar-refractivity contribution >= 4 is 0 Å². The number of likely N-dealkylation sites (tertiary alicyclic amines) is 1. The summed E-state index contributed by atoms with van der Waals surface area (Å²) in [5, 5.41) is 22.3. The summed E-state index contributed by atoms with van der Waals surface area (Å²) in [6.07, 6.45) is 6.26. The lowest BCUT2D eigenvalue weighted by Crippen LogP contribution is -2.76. The van der Waals surface area contributed by atoms with Crippen LogP contribution < -0.4 is 9.47 Å². The van der Waals surface area contributed by atoms with Crippen LogP contribution >= 0.6 is 0 Å². The number of aliphatic hydroxyl groups is 1. The maximum atomic E-state index is 12.2. The molecule has 1 saturated heterocycles. The largest absolute Gasteiger partial charge is 0.493 e. The van der Waals surface area contributed by atoms with Crippen LogP contribution in [-0.2, 0) is 16.6 Å². The van der Waals surface area contributed by atoms with E-state index in [-0.39, 0.29) is 40.4 Å². The molecule has 2 fully saturated rings. The van der Waals surface area contributed by atoms with Crippen molar-refractivity contribution in [1.82, 2.24) is 4.90 Å². The van der Waals surface area contributed by atoms with Crippen LogP contribution in [-0.4, -0.2) is 54.6 Å². The van der Waals surface area contributed by atoms with Crippen LogP contribution in [0.2, 0.25) is 0 Å². The number of hydrogen-bond donors (Lipinski definition) is 1. The van der Waals surface area contributed by atoms with Gasteiger partial charge in [0.05, 0.1) is 12.7 Å². The minimum absolute atomic E-state index is 0.0787. The molecule has 7 atom stereocenters. The van der Waals surface area contributed by atoms with Crippen molar-refractivity contribution < 1.29 is 19.3 Å². The summed E-state index contributed by atoms with van der Waals surface area (Å²) in [6.45, 7) is 11.4. The van der Waals surface area contributed by atoms with Gasteiger partial charge in [-0.25, -0.2) is 0 Å². The summed E-state index contributed by atoms with van der Waals surface area (Å²) in [5.74, 6) is 1.48. The fourth-order valence-corrected chi connectivity index (χ4v) is 8.39. The maximum Gasteiger partial charge on any atom is 0.179 e. The molecule has 0 radical (unpaired) electrons. The highest BCUT2D eigenvalue weighted by atomic mass is 16.6. The molecule has 6 nitrogen and oxygen atoms in total. The van der Waals surface area contributed by atoms with Gasteiger partial charge in [0.2, 0.25) is 0 Å². The van der Waals surface area contributed by atoms with Crippen molar-refractivity contribution in [3.8, 4) is 17.7 Å². The fraction of sp³-hybridized carbons (Fsp3) is 0.750. The first-order valence-corrected chi connectivity index (χ1v) is 12.9. The van der Waals surface area contributed by atoms with Crippen molar-refractivity contribution in [2.45, 2.75) is 96.0 Å². The van der Waals surface area contributed by atoms with Crippen LogP contribution in [0.15, 0.2) is 12.1 Å². The number of methoxy groups -OCH3 is 2. The van der Waals surface area contributed by atoms with Gasteiger partial charge in [0.1, 0.15) is 12.2 Å². The smallest absolute Gasteiger partial charge is 0.179 e. The number of benzene rings is 1. The van der Waals surface area contributed by atoms with E-state index in [9.17, 15) is 10.4 Å². The topological polar surface area (TPSA) is 75.0 Å². The van der Waals surface area contributed by atoms with Gasteiger partial charge in [-0.05, 0) is 56.1 Å². The van der Waals surface area contributed by atoms with Gasteiger partial charge < -0.3 is 24.2 Å². The van der Waals surface area contributed by atoms with E-state index < -0.39 is 5.60 Å². The fourth-order valence-electron chi connectivity index (χ4n) is 8.39. The van der Waals surface area contributed by atoms with E-state index in [2.05, 4.69) is 40.0 Å². The average Bonchev–Trinajstić information content (AvgIpc) is 3.18. The van der Waals surface area contributed by atoms with Crippen molar-refractivity contribution in [2.24, 2.45) is 16.7 Å². The zero-order valence-corrected chi connectivity index (χ0v) is 21.8. The third-order valence-corrected chi connectivity index (χ3v) is 11.0. The highest BCUT2D eigenvalue weighted by Gasteiger charge is 2.75. The zero-order chi connectivity index (χ0) is 24.7. The molecular formula is C28H40N2O4. The van der Waals surface area contributed by atoms with E-state index in [0.29, 0.717) is 0 Å². The Labute approximate surface area is 204 Å². The Hall–Kier alpha value is -1.97. The molecule has 0 amide bonds. The van der Waals surface area contributed by atoms with E-state index in [0.717, 1.165) is 50.1 Å². The monoisotopic (exact) mass is 468 g/mol. The second kappa shape index (κ2) is 7.51.